The lowest BCUT2D eigenvalue weighted by Crippen LogP contribution is -2.56. The van der Waals surface area contributed by atoms with E-state index >= 15 is 0 Å². The monoisotopic (exact) mass is 365 g/mol. The van der Waals surface area contributed by atoms with E-state index in [2.05, 4.69) is 5.16 Å². The molecule has 2 fully saturated rings. The molecular formula is C18H27N3O5. The molecule has 1 aromatic rings. The summed E-state index contributed by atoms with van der Waals surface area (Å²) in [5, 5.41) is 3.83. The Kier molecular flexibility index (Phi) is 6.26. The highest BCUT2D eigenvalue weighted by atomic mass is 16.5. The maximum atomic E-state index is 12.7. The van der Waals surface area contributed by atoms with Crippen LogP contribution in [0.3, 0.4) is 0 Å². The Labute approximate surface area is 153 Å². The van der Waals surface area contributed by atoms with Crippen molar-refractivity contribution in [1.82, 2.24) is 15.0 Å². The van der Waals surface area contributed by atoms with Gasteiger partial charge in [0.1, 0.15) is 12.4 Å². The molecule has 2 aliphatic rings. The molecule has 0 bridgehead atoms. The van der Waals surface area contributed by atoms with Gasteiger partial charge in [0.15, 0.2) is 5.69 Å². The number of ether oxygens (including phenoxy) is 2. The lowest BCUT2D eigenvalue weighted by Gasteiger charge is -2.44. The Balaban J connectivity index is 1.73. The molecule has 0 N–H and O–H groups in total. The zero-order valence-corrected chi connectivity index (χ0v) is 15.5. The number of rotatable bonds is 5. The van der Waals surface area contributed by atoms with Crippen LogP contribution in [0.2, 0.25) is 0 Å². The summed E-state index contributed by atoms with van der Waals surface area (Å²) in [7, 11) is 1.53. The van der Waals surface area contributed by atoms with Crippen LogP contribution in [0.25, 0.3) is 0 Å². The average molecular weight is 365 g/mol. The maximum absolute atomic E-state index is 12.7. The fraction of sp³-hybridized carbons (Fsp3) is 0.722. The van der Waals surface area contributed by atoms with E-state index in [1.807, 2.05) is 4.90 Å². The molecule has 2 amide bonds. The van der Waals surface area contributed by atoms with Gasteiger partial charge in [0.2, 0.25) is 5.91 Å². The number of aromatic nitrogens is 1. The number of carbonyl (C=O) groups excluding carboxylic acids is 2. The van der Waals surface area contributed by atoms with Gasteiger partial charge in [0, 0.05) is 51.6 Å². The highest BCUT2D eigenvalue weighted by molar-refractivity contribution is 5.92. The summed E-state index contributed by atoms with van der Waals surface area (Å²) in [6.07, 6.45) is 3.38. The second kappa shape index (κ2) is 8.64. The van der Waals surface area contributed by atoms with Gasteiger partial charge in [-0.05, 0) is 32.6 Å². The fourth-order valence-electron chi connectivity index (χ4n) is 3.86. The van der Waals surface area contributed by atoms with E-state index in [9.17, 15) is 9.59 Å². The number of hydrogen-bond donors (Lipinski definition) is 0. The van der Waals surface area contributed by atoms with E-state index in [1.54, 1.807) is 17.9 Å². The minimum atomic E-state index is -0.141. The Hall–Kier alpha value is -1.93. The molecule has 2 aliphatic heterocycles. The summed E-state index contributed by atoms with van der Waals surface area (Å²) < 4.78 is 15.6. The standard InChI is InChI=1S/C18H27N3O5/c1-13-10-16(19-26-13)18(23)20-7-3-4-15(11-20)21(17(22)12-24-2)14-5-8-25-9-6-14/h10,14-15H,3-9,11-12H2,1-2H3. The van der Waals surface area contributed by atoms with Crippen LogP contribution >= 0.6 is 0 Å². The van der Waals surface area contributed by atoms with Crippen molar-refractivity contribution in [3.8, 4) is 0 Å². The number of aryl methyl sites for hydroxylation is 1. The van der Waals surface area contributed by atoms with Gasteiger partial charge in [-0.25, -0.2) is 0 Å². The van der Waals surface area contributed by atoms with Crippen LogP contribution in [-0.2, 0) is 14.3 Å². The second-order valence-electron chi connectivity index (χ2n) is 6.95. The van der Waals surface area contributed by atoms with Crippen LogP contribution in [0.4, 0.5) is 0 Å². The maximum Gasteiger partial charge on any atom is 0.276 e. The van der Waals surface area contributed by atoms with Crippen molar-refractivity contribution in [2.45, 2.75) is 44.7 Å². The highest BCUT2D eigenvalue weighted by Crippen LogP contribution is 2.24. The van der Waals surface area contributed by atoms with Crippen LogP contribution in [0.15, 0.2) is 10.6 Å². The first-order valence-corrected chi connectivity index (χ1v) is 9.20. The summed E-state index contributed by atoms with van der Waals surface area (Å²) in [6.45, 7) is 4.33. The third kappa shape index (κ3) is 4.24. The van der Waals surface area contributed by atoms with Crippen molar-refractivity contribution in [3.05, 3.63) is 17.5 Å². The molecule has 8 nitrogen and oxygen atoms in total. The predicted molar refractivity (Wildman–Crippen MR) is 92.7 cm³/mol. The van der Waals surface area contributed by atoms with Gasteiger partial charge in [0.05, 0.1) is 0 Å². The molecule has 1 aromatic heterocycles. The van der Waals surface area contributed by atoms with Crippen LogP contribution in [0.1, 0.15) is 41.9 Å². The van der Waals surface area contributed by atoms with Crippen molar-refractivity contribution in [3.63, 3.8) is 0 Å². The Morgan fingerprint density at radius 2 is 2.08 bits per heavy atom. The molecule has 2 saturated heterocycles. The van der Waals surface area contributed by atoms with Crippen LogP contribution in [0.5, 0.6) is 0 Å². The molecule has 1 atom stereocenters. The largest absolute Gasteiger partial charge is 0.381 e. The molecule has 1 unspecified atom stereocenters. The molecule has 3 rings (SSSR count). The minimum absolute atomic E-state index is 0.00792. The minimum Gasteiger partial charge on any atom is -0.381 e. The van der Waals surface area contributed by atoms with E-state index < -0.39 is 0 Å². The van der Waals surface area contributed by atoms with Gasteiger partial charge in [-0.1, -0.05) is 5.16 Å². The first-order chi connectivity index (χ1) is 12.6. The zero-order valence-electron chi connectivity index (χ0n) is 15.5. The molecule has 0 aromatic carbocycles. The summed E-state index contributed by atoms with van der Waals surface area (Å²) in [6, 6.07) is 1.78. The van der Waals surface area contributed by atoms with Gasteiger partial charge in [-0.3, -0.25) is 9.59 Å². The second-order valence-corrected chi connectivity index (χ2v) is 6.95. The van der Waals surface area contributed by atoms with Crippen molar-refractivity contribution >= 4 is 11.8 Å². The lowest BCUT2D eigenvalue weighted by molar-refractivity contribution is -0.143. The number of hydrogen-bond acceptors (Lipinski definition) is 6. The van der Waals surface area contributed by atoms with Gasteiger partial charge >= 0.3 is 0 Å². The molecule has 3 heterocycles. The van der Waals surface area contributed by atoms with E-state index in [4.69, 9.17) is 14.0 Å². The summed E-state index contributed by atoms with van der Waals surface area (Å²) in [4.78, 5) is 29.1. The topological polar surface area (TPSA) is 85.1 Å². The molecule has 26 heavy (non-hydrogen) atoms. The first kappa shape index (κ1) is 18.8. The van der Waals surface area contributed by atoms with Gasteiger partial charge in [-0.2, -0.15) is 0 Å². The van der Waals surface area contributed by atoms with Crippen LogP contribution < -0.4 is 0 Å². The van der Waals surface area contributed by atoms with E-state index in [0.29, 0.717) is 37.8 Å². The van der Waals surface area contributed by atoms with Crippen molar-refractivity contribution < 1.29 is 23.6 Å². The van der Waals surface area contributed by atoms with Crippen LogP contribution in [0, 0.1) is 6.92 Å². The first-order valence-electron chi connectivity index (χ1n) is 9.20. The molecule has 0 saturated carbocycles. The van der Waals surface area contributed by atoms with Crippen molar-refractivity contribution in [1.29, 1.82) is 0 Å². The van der Waals surface area contributed by atoms with Crippen LogP contribution in [-0.4, -0.2) is 78.9 Å². The summed E-state index contributed by atoms with van der Waals surface area (Å²) >= 11 is 0. The zero-order chi connectivity index (χ0) is 18.5. The highest BCUT2D eigenvalue weighted by Gasteiger charge is 2.36. The lowest BCUT2D eigenvalue weighted by atomic mass is 9.98. The molecule has 8 heteroatoms. The number of methoxy groups -OCH3 is 1. The quantitative estimate of drug-likeness (QED) is 0.780. The number of piperidine rings is 1. The Morgan fingerprint density at radius 1 is 1.31 bits per heavy atom. The SMILES string of the molecule is COCC(=O)N(C1CCOCC1)C1CCCN(C(=O)c2cc(C)on2)C1. The smallest absolute Gasteiger partial charge is 0.276 e. The summed E-state index contributed by atoms with van der Waals surface area (Å²) in [5.74, 6) is 0.453. The third-order valence-corrected chi connectivity index (χ3v) is 5.06. The van der Waals surface area contributed by atoms with Gasteiger partial charge in [0.25, 0.3) is 5.91 Å². The fourth-order valence-corrected chi connectivity index (χ4v) is 3.86. The third-order valence-electron chi connectivity index (χ3n) is 5.06. The summed E-state index contributed by atoms with van der Waals surface area (Å²) in [5.41, 5.74) is 0.323. The van der Waals surface area contributed by atoms with Gasteiger partial charge < -0.3 is 23.8 Å². The van der Waals surface area contributed by atoms with E-state index in [0.717, 1.165) is 25.7 Å². The predicted octanol–water partition coefficient (Wildman–Crippen LogP) is 1.24. The van der Waals surface area contributed by atoms with Crippen molar-refractivity contribution in [2.24, 2.45) is 0 Å². The average Bonchev–Trinajstić information content (AvgIpc) is 3.09. The number of amides is 2. The van der Waals surface area contributed by atoms with E-state index in [-0.39, 0.29) is 30.5 Å². The molecular weight excluding hydrogens is 338 g/mol. The van der Waals surface area contributed by atoms with Crippen molar-refractivity contribution in [2.75, 3.05) is 40.0 Å². The number of carbonyl (C=O) groups is 2. The Morgan fingerprint density at radius 3 is 2.73 bits per heavy atom. The van der Waals surface area contributed by atoms with E-state index in [1.165, 1.54) is 7.11 Å². The molecule has 0 aliphatic carbocycles. The molecule has 0 spiro atoms. The Bertz CT molecular complexity index is 626. The number of nitrogens with zero attached hydrogens (tertiary/aromatic N) is 3. The molecule has 0 radical (unpaired) electrons. The number of likely N-dealkylation sites (tertiary alicyclic amines) is 1. The normalized spacial score (nSPS) is 21.6. The van der Waals surface area contributed by atoms with Gasteiger partial charge in [-0.15, -0.1) is 0 Å². The molecule has 144 valence electrons.